The summed E-state index contributed by atoms with van der Waals surface area (Å²) in [5.41, 5.74) is 0. The molecule has 0 aliphatic rings. The Kier molecular flexibility index (Phi) is 22.5. The van der Waals surface area contributed by atoms with Crippen molar-refractivity contribution in [1.82, 2.24) is 0 Å². The number of unbranched alkanes of at least 4 members (excludes halogenated alkanes) is 14. The summed E-state index contributed by atoms with van der Waals surface area (Å²) in [7, 11) is 0. The van der Waals surface area contributed by atoms with Gasteiger partial charge in [-0.05, 0) is 31.1 Å². The highest BCUT2D eigenvalue weighted by atomic mass is 14.2. The summed E-state index contributed by atoms with van der Waals surface area (Å²) in [6.07, 6.45) is 26.9. The van der Waals surface area contributed by atoms with Gasteiger partial charge >= 0.3 is 0 Å². The fourth-order valence-electron chi connectivity index (χ4n) is 4.14. The van der Waals surface area contributed by atoms with Crippen LogP contribution in [0.1, 0.15) is 142 Å². The van der Waals surface area contributed by atoms with Crippen LogP contribution in [0.15, 0.2) is 0 Å². The molecule has 0 rings (SSSR count). The zero-order valence-electron chi connectivity index (χ0n) is 19.7. The van der Waals surface area contributed by atoms with Gasteiger partial charge in [-0.2, -0.15) is 0 Å². The van der Waals surface area contributed by atoms with Crippen LogP contribution in [0.25, 0.3) is 0 Å². The van der Waals surface area contributed by atoms with E-state index in [0.717, 1.165) is 37.5 Å². The van der Waals surface area contributed by atoms with E-state index in [1.54, 1.807) is 0 Å². The van der Waals surface area contributed by atoms with Crippen LogP contribution in [0, 0.1) is 37.5 Å². The van der Waals surface area contributed by atoms with Gasteiger partial charge in [0.2, 0.25) is 0 Å². The topological polar surface area (TPSA) is 0 Å². The van der Waals surface area contributed by atoms with Crippen molar-refractivity contribution in [2.75, 3.05) is 0 Å². The molecular weight excluding hydrogens is 336 g/mol. The van der Waals surface area contributed by atoms with Crippen LogP contribution in [0.5, 0.6) is 0 Å². The Hall–Kier alpha value is -0.440. The molecule has 1 unspecified atom stereocenters. The van der Waals surface area contributed by atoms with Crippen molar-refractivity contribution in [2.45, 2.75) is 142 Å². The predicted octanol–water partition coefficient (Wildman–Crippen LogP) is 9.73. The van der Waals surface area contributed by atoms with E-state index in [-0.39, 0.29) is 0 Å². The average Bonchev–Trinajstić information content (AvgIpc) is 2.67. The lowest BCUT2D eigenvalue weighted by Crippen LogP contribution is -2.04. The molecule has 0 saturated carbocycles. The number of hydrogen-bond acceptors (Lipinski definition) is 0. The Bertz CT molecular complexity index is 343. The van der Waals surface area contributed by atoms with E-state index >= 15 is 0 Å². The van der Waals surface area contributed by atoms with Crippen LogP contribution >= 0.6 is 0 Å². The molecule has 0 aromatic carbocycles. The molecule has 2 radical (unpaired) electrons. The Labute approximate surface area is 180 Å². The van der Waals surface area contributed by atoms with Gasteiger partial charge in [0.25, 0.3) is 0 Å². The minimum absolute atomic E-state index is 0.821. The molecule has 0 aromatic rings. The highest BCUT2D eigenvalue weighted by Gasteiger charge is 2.10. The average molecular weight is 389 g/mol. The first-order chi connectivity index (χ1) is 13.7. The van der Waals surface area contributed by atoms with Crippen molar-refractivity contribution in [3.8, 4) is 11.8 Å². The molecule has 0 aliphatic carbocycles. The van der Waals surface area contributed by atoms with Gasteiger partial charge in [-0.3, -0.25) is 0 Å². The van der Waals surface area contributed by atoms with E-state index in [4.69, 9.17) is 0 Å². The molecule has 1 atom stereocenters. The van der Waals surface area contributed by atoms with Crippen LogP contribution in [-0.2, 0) is 0 Å². The van der Waals surface area contributed by atoms with Gasteiger partial charge in [-0.25, -0.2) is 0 Å². The molecule has 0 amide bonds. The first-order valence-corrected chi connectivity index (χ1v) is 12.7. The normalized spacial score (nSPS) is 12.2. The molecule has 0 fully saturated rings. The summed E-state index contributed by atoms with van der Waals surface area (Å²) < 4.78 is 0. The predicted molar refractivity (Wildman–Crippen MR) is 129 cm³/mol. The van der Waals surface area contributed by atoms with Gasteiger partial charge in [0, 0.05) is 12.8 Å². The summed E-state index contributed by atoms with van der Waals surface area (Å²) >= 11 is 0. The van der Waals surface area contributed by atoms with Gasteiger partial charge in [-0.1, -0.05) is 124 Å². The van der Waals surface area contributed by atoms with Gasteiger partial charge < -0.3 is 0 Å². The van der Waals surface area contributed by atoms with Crippen LogP contribution in [0.2, 0.25) is 0 Å². The second kappa shape index (κ2) is 22.8. The summed E-state index contributed by atoms with van der Waals surface area (Å²) in [6.45, 7) is 12.5. The van der Waals surface area contributed by atoms with E-state index < -0.39 is 0 Å². The molecule has 0 heteroatoms. The second-order valence-electron chi connectivity index (χ2n) is 9.23. The highest BCUT2D eigenvalue weighted by molar-refractivity contribution is 4.99. The lowest BCUT2D eigenvalue weighted by molar-refractivity contribution is 0.354. The minimum Gasteiger partial charge on any atom is -0.103 e. The van der Waals surface area contributed by atoms with E-state index in [1.807, 2.05) is 0 Å². The maximum Gasteiger partial charge on any atom is 0.00913 e. The van der Waals surface area contributed by atoms with Crippen molar-refractivity contribution >= 4 is 0 Å². The summed E-state index contributed by atoms with van der Waals surface area (Å²) in [6, 6.07) is 0. The third-order valence-corrected chi connectivity index (χ3v) is 5.77. The smallest absolute Gasteiger partial charge is 0.00913 e. The third-order valence-electron chi connectivity index (χ3n) is 5.77. The van der Waals surface area contributed by atoms with Gasteiger partial charge in [-0.15, -0.1) is 11.8 Å². The van der Waals surface area contributed by atoms with E-state index in [0.29, 0.717) is 0 Å². The number of rotatable bonds is 20. The first kappa shape index (κ1) is 27.6. The summed E-state index contributed by atoms with van der Waals surface area (Å²) in [4.78, 5) is 0. The van der Waals surface area contributed by atoms with Gasteiger partial charge in [0.05, 0.1) is 0 Å². The van der Waals surface area contributed by atoms with E-state index in [1.165, 1.54) is 103 Å². The minimum atomic E-state index is 0.821. The fourth-order valence-corrected chi connectivity index (χ4v) is 4.14. The Morgan fingerprint density at radius 2 is 1.00 bits per heavy atom. The number of hydrogen-bond donors (Lipinski definition) is 0. The fraction of sp³-hybridized carbons (Fsp3) is 0.857. The molecule has 0 N–H and O–H groups in total. The molecule has 0 bridgehead atoms. The molecule has 0 heterocycles. The van der Waals surface area contributed by atoms with Gasteiger partial charge in [0.1, 0.15) is 0 Å². The Balaban J connectivity index is 3.50. The van der Waals surface area contributed by atoms with Crippen molar-refractivity contribution in [2.24, 2.45) is 11.8 Å². The highest BCUT2D eigenvalue weighted by Crippen LogP contribution is 2.23. The summed E-state index contributed by atoms with van der Waals surface area (Å²) in [5.74, 6) is 8.31. The monoisotopic (exact) mass is 388 g/mol. The molecule has 0 saturated heterocycles. The molecular formula is C28H52. The molecule has 0 nitrogen and oxygen atoms in total. The molecule has 164 valence electrons. The van der Waals surface area contributed by atoms with Crippen molar-refractivity contribution in [3.63, 3.8) is 0 Å². The van der Waals surface area contributed by atoms with E-state index in [2.05, 4.69) is 39.5 Å². The third kappa shape index (κ3) is 21.9. The van der Waals surface area contributed by atoms with E-state index in [9.17, 15) is 0 Å². The van der Waals surface area contributed by atoms with Crippen LogP contribution in [0.4, 0.5) is 0 Å². The van der Waals surface area contributed by atoms with Gasteiger partial charge in [0.15, 0.2) is 0 Å². The molecule has 0 aromatic heterocycles. The Morgan fingerprint density at radius 3 is 1.46 bits per heavy atom. The van der Waals surface area contributed by atoms with Crippen LogP contribution < -0.4 is 0 Å². The molecule has 0 aliphatic heterocycles. The van der Waals surface area contributed by atoms with Crippen LogP contribution in [0.3, 0.4) is 0 Å². The van der Waals surface area contributed by atoms with Crippen molar-refractivity contribution in [3.05, 3.63) is 13.8 Å². The van der Waals surface area contributed by atoms with Crippen LogP contribution in [-0.4, -0.2) is 0 Å². The zero-order valence-corrected chi connectivity index (χ0v) is 19.7. The maximum absolute atomic E-state index is 3.91. The van der Waals surface area contributed by atoms with Crippen molar-refractivity contribution in [1.29, 1.82) is 0 Å². The maximum atomic E-state index is 3.91. The first-order valence-electron chi connectivity index (χ1n) is 12.7. The Morgan fingerprint density at radius 1 is 0.536 bits per heavy atom. The lowest BCUT2D eigenvalue weighted by Gasteiger charge is -2.18. The lowest BCUT2D eigenvalue weighted by atomic mass is 9.88. The largest absolute Gasteiger partial charge is 0.103 e. The second-order valence-corrected chi connectivity index (χ2v) is 9.23. The molecule has 28 heavy (non-hydrogen) atoms. The zero-order chi connectivity index (χ0) is 20.7. The SMILES string of the molecule is [CH2]CCC#CCCC(CCCCCCCCCCCCCCC[CH2])CC(C)C. The molecule has 0 spiro atoms. The van der Waals surface area contributed by atoms with Crippen molar-refractivity contribution < 1.29 is 0 Å². The quantitative estimate of drug-likeness (QED) is 0.144. The summed E-state index contributed by atoms with van der Waals surface area (Å²) in [5, 5.41) is 0. The standard InChI is InChI=1S/C28H52/c1-5-7-9-11-12-13-14-15-16-17-18-19-21-23-25-28(26-27(3)4)24-22-20-10-8-6-2/h27-28H,1-2,5-9,11-19,21-26H2,3-4H3.